The summed E-state index contributed by atoms with van der Waals surface area (Å²) >= 11 is 0. The first-order chi connectivity index (χ1) is 12.0. The summed E-state index contributed by atoms with van der Waals surface area (Å²) in [6.07, 6.45) is 11.7. The van der Waals surface area contributed by atoms with Gasteiger partial charge in [0.05, 0.1) is 12.6 Å². The van der Waals surface area contributed by atoms with Gasteiger partial charge in [0.15, 0.2) is 0 Å². The zero-order chi connectivity index (χ0) is 18.1. The van der Waals surface area contributed by atoms with Crippen LogP contribution in [0.3, 0.4) is 0 Å². The maximum atomic E-state index is 8.78. The lowest BCUT2D eigenvalue weighted by Gasteiger charge is -2.35. The van der Waals surface area contributed by atoms with E-state index in [4.69, 9.17) is 14.9 Å². The van der Waals surface area contributed by atoms with Gasteiger partial charge >= 0.3 is 0 Å². The molecule has 1 saturated heterocycles. The van der Waals surface area contributed by atoms with Crippen LogP contribution in [0, 0.1) is 11.3 Å². The van der Waals surface area contributed by atoms with E-state index in [1.807, 2.05) is 0 Å². The summed E-state index contributed by atoms with van der Waals surface area (Å²) in [5, 5.41) is 16.1. The molecule has 0 aromatic carbocycles. The van der Waals surface area contributed by atoms with Crippen molar-refractivity contribution < 1.29 is 9.84 Å². The van der Waals surface area contributed by atoms with Crippen LogP contribution in [-0.4, -0.2) is 48.2 Å². The SMILES string of the molecule is CC(C)(C)C1CCC(=NN2CCC[C@H]2COCCCCCCO)CC1. The highest BCUT2D eigenvalue weighted by atomic mass is 16.5. The van der Waals surface area contributed by atoms with Gasteiger partial charge in [0.25, 0.3) is 0 Å². The van der Waals surface area contributed by atoms with Crippen molar-refractivity contribution in [3.8, 4) is 0 Å². The number of unbranched alkanes of at least 4 members (excludes halogenated alkanes) is 3. The second kappa shape index (κ2) is 10.5. The molecule has 1 aliphatic carbocycles. The lowest BCUT2D eigenvalue weighted by Crippen LogP contribution is -2.32. The Bertz CT molecular complexity index is 393. The van der Waals surface area contributed by atoms with Gasteiger partial charge in [-0.3, -0.25) is 5.01 Å². The molecule has 25 heavy (non-hydrogen) atoms. The largest absolute Gasteiger partial charge is 0.396 e. The highest BCUT2D eigenvalue weighted by Gasteiger charge is 2.29. The predicted octanol–water partition coefficient (Wildman–Crippen LogP) is 4.61. The first-order valence-corrected chi connectivity index (χ1v) is 10.5. The zero-order valence-electron chi connectivity index (χ0n) is 16.8. The van der Waals surface area contributed by atoms with E-state index in [1.54, 1.807) is 0 Å². The standard InChI is InChI=1S/C21H40N2O2/c1-21(2,3)18-10-12-19(13-11-18)22-23-14-8-9-20(23)17-25-16-7-5-4-6-15-24/h18,20,24H,4-17H2,1-3H3/t18?,20-/m0/s1. The van der Waals surface area contributed by atoms with Crippen molar-refractivity contribution >= 4 is 5.71 Å². The molecule has 1 atom stereocenters. The zero-order valence-corrected chi connectivity index (χ0v) is 16.8. The molecule has 0 spiro atoms. The van der Waals surface area contributed by atoms with Crippen LogP contribution >= 0.6 is 0 Å². The Kier molecular flexibility index (Phi) is 8.71. The van der Waals surface area contributed by atoms with E-state index in [9.17, 15) is 0 Å². The summed E-state index contributed by atoms with van der Waals surface area (Å²) in [5.41, 5.74) is 1.85. The number of rotatable bonds is 9. The quantitative estimate of drug-likeness (QED) is 0.616. The monoisotopic (exact) mass is 352 g/mol. The van der Waals surface area contributed by atoms with Gasteiger partial charge in [0.1, 0.15) is 0 Å². The van der Waals surface area contributed by atoms with Crippen molar-refractivity contribution in [1.82, 2.24) is 5.01 Å². The number of hydrogen-bond donors (Lipinski definition) is 1. The molecule has 2 aliphatic rings. The molecule has 146 valence electrons. The lowest BCUT2D eigenvalue weighted by molar-refractivity contribution is 0.0752. The van der Waals surface area contributed by atoms with E-state index < -0.39 is 0 Å². The normalized spacial score (nSPS) is 24.8. The summed E-state index contributed by atoms with van der Waals surface area (Å²) in [6, 6.07) is 0.477. The van der Waals surface area contributed by atoms with Crippen LogP contribution in [0.25, 0.3) is 0 Å². The summed E-state index contributed by atoms with van der Waals surface area (Å²) in [5.74, 6) is 0.843. The molecule has 0 bridgehead atoms. The second-order valence-corrected chi connectivity index (χ2v) is 8.98. The smallest absolute Gasteiger partial charge is 0.0704 e. The van der Waals surface area contributed by atoms with E-state index in [1.165, 1.54) is 44.2 Å². The molecule has 1 saturated carbocycles. The van der Waals surface area contributed by atoms with E-state index in [0.29, 0.717) is 18.1 Å². The van der Waals surface area contributed by atoms with Crippen molar-refractivity contribution in [2.45, 2.75) is 91.0 Å². The number of ether oxygens (including phenoxy) is 1. The van der Waals surface area contributed by atoms with Crippen LogP contribution in [0.1, 0.15) is 85.0 Å². The lowest BCUT2D eigenvalue weighted by atomic mass is 9.72. The number of hydrogen-bond acceptors (Lipinski definition) is 4. The van der Waals surface area contributed by atoms with Crippen LogP contribution in [-0.2, 0) is 4.74 Å². The van der Waals surface area contributed by atoms with Gasteiger partial charge in [0, 0.05) is 25.5 Å². The molecule has 0 aromatic heterocycles. The summed E-state index contributed by atoms with van der Waals surface area (Å²) in [4.78, 5) is 0. The molecule has 0 radical (unpaired) electrons. The Labute approximate surface area is 155 Å². The highest BCUT2D eigenvalue weighted by Crippen LogP contribution is 2.37. The number of nitrogens with zero attached hydrogens (tertiary/aromatic N) is 2. The Morgan fingerprint density at radius 1 is 1.08 bits per heavy atom. The molecule has 4 heteroatoms. The van der Waals surface area contributed by atoms with Crippen molar-refractivity contribution in [2.75, 3.05) is 26.4 Å². The van der Waals surface area contributed by atoms with Gasteiger partial charge in [-0.05, 0) is 62.7 Å². The molecule has 1 heterocycles. The van der Waals surface area contributed by atoms with Crippen LogP contribution < -0.4 is 0 Å². The van der Waals surface area contributed by atoms with Crippen molar-refractivity contribution in [2.24, 2.45) is 16.4 Å². The topological polar surface area (TPSA) is 45.1 Å². The molecule has 1 aliphatic heterocycles. The van der Waals surface area contributed by atoms with Gasteiger partial charge in [-0.1, -0.05) is 33.6 Å². The fourth-order valence-electron chi connectivity index (χ4n) is 4.11. The van der Waals surface area contributed by atoms with Crippen molar-refractivity contribution in [1.29, 1.82) is 0 Å². The minimum absolute atomic E-state index is 0.314. The fraction of sp³-hybridized carbons (Fsp3) is 0.952. The van der Waals surface area contributed by atoms with Gasteiger partial charge in [-0.2, -0.15) is 5.10 Å². The molecule has 4 nitrogen and oxygen atoms in total. The van der Waals surface area contributed by atoms with Gasteiger partial charge in [-0.15, -0.1) is 0 Å². The third kappa shape index (κ3) is 7.26. The van der Waals surface area contributed by atoms with Crippen molar-refractivity contribution in [3.63, 3.8) is 0 Å². The summed E-state index contributed by atoms with van der Waals surface area (Å²) in [7, 11) is 0. The van der Waals surface area contributed by atoms with E-state index in [2.05, 4.69) is 25.8 Å². The molecule has 0 aromatic rings. The molecule has 2 fully saturated rings. The molecule has 2 rings (SSSR count). The number of aliphatic hydroxyl groups excluding tert-OH is 1. The third-order valence-corrected chi connectivity index (χ3v) is 5.91. The summed E-state index contributed by atoms with van der Waals surface area (Å²) < 4.78 is 5.91. The summed E-state index contributed by atoms with van der Waals surface area (Å²) in [6.45, 7) is 10.2. The minimum Gasteiger partial charge on any atom is -0.396 e. The van der Waals surface area contributed by atoms with Gasteiger partial charge in [-0.25, -0.2) is 0 Å². The molecule has 0 unspecified atom stereocenters. The van der Waals surface area contributed by atoms with Crippen LogP contribution in [0.4, 0.5) is 0 Å². The predicted molar refractivity (Wildman–Crippen MR) is 105 cm³/mol. The van der Waals surface area contributed by atoms with Crippen molar-refractivity contribution in [3.05, 3.63) is 0 Å². The van der Waals surface area contributed by atoms with Crippen LogP contribution in [0.2, 0.25) is 0 Å². The average molecular weight is 353 g/mol. The van der Waals surface area contributed by atoms with Gasteiger partial charge in [0.2, 0.25) is 0 Å². The number of aliphatic hydroxyl groups is 1. The van der Waals surface area contributed by atoms with E-state index >= 15 is 0 Å². The Morgan fingerprint density at radius 2 is 1.80 bits per heavy atom. The van der Waals surface area contributed by atoms with Crippen LogP contribution in [0.5, 0.6) is 0 Å². The number of hydrazone groups is 1. The minimum atomic E-state index is 0.314. The van der Waals surface area contributed by atoms with E-state index in [0.717, 1.165) is 51.4 Å². The average Bonchev–Trinajstić information content (AvgIpc) is 3.01. The van der Waals surface area contributed by atoms with E-state index in [-0.39, 0.29) is 0 Å². The third-order valence-electron chi connectivity index (χ3n) is 5.91. The van der Waals surface area contributed by atoms with Gasteiger partial charge < -0.3 is 9.84 Å². The fourth-order valence-corrected chi connectivity index (χ4v) is 4.11. The second-order valence-electron chi connectivity index (χ2n) is 8.98. The maximum Gasteiger partial charge on any atom is 0.0704 e. The molecular weight excluding hydrogens is 312 g/mol. The van der Waals surface area contributed by atoms with Crippen LogP contribution in [0.15, 0.2) is 5.10 Å². The maximum absolute atomic E-state index is 8.78. The first kappa shape index (κ1) is 20.7. The highest BCUT2D eigenvalue weighted by molar-refractivity contribution is 5.84. The molecular formula is C21H40N2O2. The Morgan fingerprint density at radius 3 is 2.48 bits per heavy atom. The molecule has 1 N–H and O–H groups in total. The Balaban J connectivity index is 1.67. The first-order valence-electron chi connectivity index (χ1n) is 10.5. The Hall–Kier alpha value is -0.610. The molecule has 0 amide bonds.